The van der Waals surface area contributed by atoms with Crippen molar-refractivity contribution in [2.45, 2.75) is 51.6 Å². The number of carbonyl (C=O) groups is 1. The zero-order chi connectivity index (χ0) is 14.7. The van der Waals surface area contributed by atoms with Gasteiger partial charge in [-0.2, -0.15) is 5.10 Å². The predicted molar refractivity (Wildman–Crippen MR) is 77.4 cm³/mol. The third-order valence-corrected chi connectivity index (χ3v) is 3.93. The molecular weight excluding hydrogens is 256 g/mol. The smallest absolute Gasteiger partial charge is 0.273 e. The first-order valence-corrected chi connectivity index (χ1v) is 7.29. The molecule has 2 rings (SSSR count). The number of nitrogens with one attached hydrogen (secondary N) is 2. The average Bonchev–Trinajstić information content (AvgIpc) is 2.78. The van der Waals surface area contributed by atoms with E-state index in [1.54, 1.807) is 0 Å². The zero-order valence-electron chi connectivity index (χ0n) is 12.1. The van der Waals surface area contributed by atoms with E-state index in [1.165, 1.54) is 0 Å². The molecule has 1 heterocycles. The first kappa shape index (κ1) is 14.8. The van der Waals surface area contributed by atoms with Gasteiger partial charge in [0.05, 0.1) is 17.5 Å². The highest BCUT2D eigenvalue weighted by atomic mass is 16.3. The Balaban J connectivity index is 1.92. The first-order chi connectivity index (χ1) is 9.49. The highest BCUT2D eigenvalue weighted by Gasteiger charge is 2.23. The van der Waals surface area contributed by atoms with Crippen molar-refractivity contribution in [3.63, 3.8) is 0 Å². The van der Waals surface area contributed by atoms with Gasteiger partial charge in [-0.05, 0) is 31.1 Å². The van der Waals surface area contributed by atoms with Crippen molar-refractivity contribution >= 4 is 11.6 Å². The molecule has 1 aromatic heterocycles. The van der Waals surface area contributed by atoms with Gasteiger partial charge >= 0.3 is 0 Å². The van der Waals surface area contributed by atoms with Crippen LogP contribution >= 0.6 is 0 Å². The minimum absolute atomic E-state index is 0.206. The van der Waals surface area contributed by atoms with E-state index in [1.807, 2.05) is 13.8 Å². The molecule has 20 heavy (non-hydrogen) atoms. The van der Waals surface area contributed by atoms with Crippen LogP contribution < -0.4 is 11.1 Å². The summed E-state index contributed by atoms with van der Waals surface area (Å²) in [7, 11) is 0. The Kier molecular flexibility index (Phi) is 4.65. The topological polar surface area (TPSA) is 104 Å². The second kappa shape index (κ2) is 6.26. The fourth-order valence-corrected chi connectivity index (χ4v) is 2.75. The minimum Gasteiger partial charge on any atom is -0.395 e. The molecule has 0 aliphatic heterocycles. The van der Waals surface area contributed by atoms with Crippen LogP contribution in [-0.2, 0) is 0 Å². The van der Waals surface area contributed by atoms with Gasteiger partial charge in [0.2, 0.25) is 0 Å². The average molecular weight is 280 g/mol. The lowest BCUT2D eigenvalue weighted by Crippen LogP contribution is -2.33. The number of nitrogens with two attached hydrogens (primary N) is 1. The van der Waals surface area contributed by atoms with E-state index >= 15 is 0 Å². The molecule has 1 fully saturated rings. The van der Waals surface area contributed by atoms with Crippen LogP contribution in [0.5, 0.6) is 0 Å². The van der Waals surface area contributed by atoms with Crippen molar-refractivity contribution in [3.05, 3.63) is 11.4 Å². The fraction of sp³-hybridized carbons (Fsp3) is 0.714. The summed E-state index contributed by atoms with van der Waals surface area (Å²) in [6.07, 6.45) is 3.46. The maximum atomic E-state index is 12.1. The standard InChI is InChI=1S/C14H24N4O2/c1-8(2)12-11(15)13(18-17-12)14(20)16-7-9-4-3-5-10(19)6-9/h8-10,19H,3-7,15H2,1-2H3,(H,16,20)(H,17,18). The van der Waals surface area contributed by atoms with Crippen LogP contribution in [0.25, 0.3) is 0 Å². The molecule has 0 spiro atoms. The lowest BCUT2D eigenvalue weighted by atomic mass is 9.87. The Labute approximate surface area is 119 Å². The molecule has 2 unspecified atom stereocenters. The Morgan fingerprint density at radius 2 is 2.30 bits per heavy atom. The maximum absolute atomic E-state index is 12.1. The second-order valence-electron chi connectivity index (χ2n) is 5.95. The van der Waals surface area contributed by atoms with E-state index in [0.29, 0.717) is 18.2 Å². The molecule has 1 saturated carbocycles. The number of nitrogen functional groups attached to an aromatic ring is 1. The Hall–Kier alpha value is -1.56. The van der Waals surface area contributed by atoms with Gasteiger partial charge in [0.25, 0.3) is 5.91 Å². The summed E-state index contributed by atoms with van der Waals surface area (Å²) in [4.78, 5) is 12.1. The molecule has 112 valence electrons. The lowest BCUT2D eigenvalue weighted by Gasteiger charge is -2.25. The van der Waals surface area contributed by atoms with Crippen LogP contribution in [0.15, 0.2) is 0 Å². The van der Waals surface area contributed by atoms with E-state index in [2.05, 4.69) is 15.5 Å². The van der Waals surface area contributed by atoms with Crippen molar-refractivity contribution < 1.29 is 9.90 Å². The summed E-state index contributed by atoms with van der Waals surface area (Å²) in [5.41, 5.74) is 7.44. The number of anilines is 1. The number of aliphatic hydroxyl groups excluding tert-OH is 1. The first-order valence-electron chi connectivity index (χ1n) is 7.29. The van der Waals surface area contributed by atoms with E-state index < -0.39 is 0 Å². The monoisotopic (exact) mass is 280 g/mol. The molecule has 0 aromatic carbocycles. The van der Waals surface area contributed by atoms with E-state index in [0.717, 1.165) is 31.4 Å². The number of hydrogen-bond donors (Lipinski definition) is 4. The third kappa shape index (κ3) is 3.30. The summed E-state index contributed by atoms with van der Waals surface area (Å²) in [6, 6.07) is 0. The van der Waals surface area contributed by atoms with E-state index in [9.17, 15) is 9.90 Å². The van der Waals surface area contributed by atoms with Gasteiger partial charge in [0.15, 0.2) is 5.69 Å². The summed E-state index contributed by atoms with van der Waals surface area (Å²) in [5, 5.41) is 19.3. The molecule has 0 radical (unpaired) electrons. The van der Waals surface area contributed by atoms with E-state index in [4.69, 9.17) is 5.73 Å². The summed E-state index contributed by atoms with van der Waals surface area (Å²) in [5.74, 6) is 0.302. The molecule has 6 heteroatoms. The molecule has 6 nitrogen and oxygen atoms in total. The fourth-order valence-electron chi connectivity index (χ4n) is 2.75. The van der Waals surface area contributed by atoms with Crippen LogP contribution in [0.1, 0.15) is 61.6 Å². The van der Waals surface area contributed by atoms with Crippen molar-refractivity contribution in [1.82, 2.24) is 15.5 Å². The molecule has 5 N–H and O–H groups in total. The molecular formula is C14H24N4O2. The van der Waals surface area contributed by atoms with Gasteiger partial charge in [0.1, 0.15) is 0 Å². The van der Waals surface area contributed by atoms with Crippen LogP contribution in [0.3, 0.4) is 0 Å². The molecule has 1 aliphatic rings. The maximum Gasteiger partial charge on any atom is 0.273 e. The normalized spacial score (nSPS) is 23.0. The van der Waals surface area contributed by atoms with Gasteiger partial charge in [-0.15, -0.1) is 0 Å². The molecule has 1 amide bonds. The second-order valence-corrected chi connectivity index (χ2v) is 5.95. The quantitative estimate of drug-likeness (QED) is 0.669. The number of hydrogen-bond acceptors (Lipinski definition) is 4. The number of aromatic nitrogens is 2. The highest BCUT2D eigenvalue weighted by Crippen LogP contribution is 2.24. The van der Waals surface area contributed by atoms with Crippen molar-refractivity contribution in [1.29, 1.82) is 0 Å². The molecule has 1 aromatic rings. The van der Waals surface area contributed by atoms with Gasteiger partial charge < -0.3 is 16.2 Å². The third-order valence-electron chi connectivity index (χ3n) is 3.93. The molecule has 0 saturated heterocycles. The number of carbonyl (C=O) groups excluding carboxylic acids is 1. The van der Waals surface area contributed by atoms with Gasteiger partial charge in [-0.3, -0.25) is 9.89 Å². The lowest BCUT2D eigenvalue weighted by molar-refractivity contribution is 0.0871. The molecule has 0 bridgehead atoms. The van der Waals surface area contributed by atoms with Crippen molar-refractivity contribution in [3.8, 4) is 0 Å². The highest BCUT2D eigenvalue weighted by molar-refractivity contribution is 5.97. The van der Waals surface area contributed by atoms with Crippen LogP contribution in [-0.4, -0.2) is 33.9 Å². The number of aromatic amines is 1. The molecule has 1 aliphatic carbocycles. The summed E-state index contributed by atoms with van der Waals surface area (Å²) in [6.45, 7) is 4.56. The number of aliphatic hydroxyl groups is 1. The Morgan fingerprint density at radius 3 is 2.90 bits per heavy atom. The number of H-pyrrole nitrogens is 1. The minimum atomic E-state index is -0.245. The predicted octanol–water partition coefficient (Wildman–Crippen LogP) is 1.40. The zero-order valence-corrected chi connectivity index (χ0v) is 12.1. The number of nitrogens with zero attached hydrogens (tertiary/aromatic N) is 1. The summed E-state index contributed by atoms with van der Waals surface area (Å²) >= 11 is 0. The van der Waals surface area contributed by atoms with Crippen molar-refractivity contribution in [2.24, 2.45) is 5.92 Å². The van der Waals surface area contributed by atoms with Crippen LogP contribution in [0.4, 0.5) is 5.69 Å². The van der Waals surface area contributed by atoms with Crippen LogP contribution in [0.2, 0.25) is 0 Å². The Morgan fingerprint density at radius 1 is 1.55 bits per heavy atom. The van der Waals surface area contributed by atoms with Gasteiger partial charge in [-0.25, -0.2) is 0 Å². The Bertz CT molecular complexity index is 470. The summed E-state index contributed by atoms with van der Waals surface area (Å²) < 4.78 is 0. The largest absolute Gasteiger partial charge is 0.395 e. The molecule has 2 atom stereocenters. The SMILES string of the molecule is CC(C)c1[nH]nc(C(=O)NCC2CCCC(O)C2)c1N. The van der Waals surface area contributed by atoms with Crippen molar-refractivity contribution in [2.75, 3.05) is 12.3 Å². The van der Waals surface area contributed by atoms with E-state index in [-0.39, 0.29) is 23.6 Å². The van der Waals surface area contributed by atoms with Gasteiger partial charge in [-0.1, -0.05) is 20.3 Å². The van der Waals surface area contributed by atoms with Gasteiger partial charge in [0, 0.05) is 6.54 Å². The number of amides is 1. The van der Waals surface area contributed by atoms with Crippen LogP contribution in [0, 0.1) is 5.92 Å². The number of rotatable bonds is 4.